The highest BCUT2D eigenvalue weighted by molar-refractivity contribution is 5.73. The van der Waals surface area contributed by atoms with Crippen molar-refractivity contribution < 1.29 is 32.5 Å². The van der Waals surface area contributed by atoms with Crippen molar-refractivity contribution in [3.05, 3.63) is 65.2 Å². The van der Waals surface area contributed by atoms with Gasteiger partial charge in [0.05, 0.1) is 13.7 Å². The fourth-order valence-electron chi connectivity index (χ4n) is 3.57. The fourth-order valence-corrected chi connectivity index (χ4v) is 3.57. The van der Waals surface area contributed by atoms with E-state index in [2.05, 4.69) is 65.4 Å². The highest BCUT2D eigenvalue weighted by Crippen LogP contribution is 2.28. The van der Waals surface area contributed by atoms with E-state index in [0.717, 1.165) is 37.5 Å². The maximum absolute atomic E-state index is 10.6. The minimum Gasteiger partial charge on any atom is -0.496 e. The summed E-state index contributed by atoms with van der Waals surface area (Å²) in [7, 11) is 5.63. The van der Waals surface area contributed by atoms with Crippen LogP contribution in [0.15, 0.2) is 48.5 Å². The number of nitrogens with zero attached hydrogens (tertiary/aromatic N) is 2. The van der Waals surface area contributed by atoms with Gasteiger partial charge in [-0.25, -0.2) is 4.79 Å². The zero-order valence-electron chi connectivity index (χ0n) is 18.4. The van der Waals surface area contributed by atoms with Gasteiger partial charge in [0.15, 0.2) is 0 Å². The predicted molar refractivity (Wildman–Crippen MR) is 114 cm³/mol. The number of halogens is 3. The van der Waals surface area contributed by atoms with Crippen LogP contribution in [0.5, 0.6) is 5.75 Å². The van der Waals surface area contributed by atoms with Crippen molar-refractivity contribution >= 4 is 5.97 Å². The summed E-state index contributed by atoms with van der Waals surface area (Å²) in [4.78, 5) is 13.9. The number of aliphatic carboxylic acids is 1. The van der Waals surface area contributed by atoms with Crippen molar-refractivity contribution in [2.24, 2.45) is 0 Å². The van der Waals surface area contributed by atoms with Gasteiger partial charge < -0.3 is 19.5 Å². The zero-order valence-corrected chi connectivity index (χ0v) is 18.4. The van der Waals surface area contributed by atoms with E-state index in [4.69, 9.17) is 19.4 Å². The lowest BCUT2D eigenvalue weighted by Crippen LogP contribution is -2.46. The van der Waals surface area contributed by atoms with Crippen molar-refractivity contribution in [3.8, 4) is 5.75 Å². The zero-order chi connectivity index (χ0) is 23.7. The van der Waals surface area contributed by atoms with E-state index >= 15 is 0 Å². The third-order valence-electron chi connectivity index (χ3n) is 5.15. The maximum Gasteiger partial charge on any atom is 0.490 e. The van der Waals surface area contributed by atoms with Crippen molar-refractivity contribution in [1.82, 2.24) is 9.80 Å². The predicted octanol–water partition coefficient (Wildman–Crippen LogP) is 3.96. The molecule has 1 saturated heterocycles. The number of hydrogen-bond donors (Lipinski definition) is 1. The third-order valence-corrected chi connectivity index (χ3v) is 5.15. The summed E-state index contributed by atoms with van der Waals surface area (Å²) in [6.45, 7) is 4.74. The largest absolute Gasteiger partial charge is 0.496 e. The average molecular weight is 454 g/mol. The first-order valence-corrected chi connectivity index (χ1v) is 10.1. The molecule has 2 aromatic carbocycles. The summed E-state index contributed by atoms with van der Waals surface area (Å²) < 4.78 is 42.5. The molecule has 0 amide bonds. The number of carboxylic acids is 1. The molecule has 0 aromatic heterocycles. The second-order valence-corrected chi connectivity index (χ2v) is 7.54. The van der Waals surface area contributed by atoms with Gasteiger partial charge in [-0.3, -0.25) is 4.90 Å². The molecule has 1 atom stereocenters. The quantitative estimate of drug-likeness (QED) is 0.713. The highest BCUT2D eigenvalue weighted by atomic mass is 19.4. The van der Waals surface area contributed by atoms with Gasteiger partial charge in [-0.05, 0) is 30.3 Å². The van der Waals surface area contributed by atoms with E-state index in [1.54, 1.807) is 14.2 Å². The Hall–Kier alpha value is -2.62. The van der Waals surface area contributed by atoms with Crippen molar-refractivity contribution in [2.45, 2.75) is 25.4 Å². The minimum absolute atomic E-state index is 0.424. The molecule has 0 aliphatic carbocycles. The number of likely N-dealkylation sites (N-methyl/N-ethyl adjacent to an activating group) is 1. The Morgan fingerprint density at radius 1 is 1.12 bits per heavy atom. The normalized spacial score (nSPS) is 17.4. The number of carboxylic acid groups (broad SMARTS) is 1. The Morgan fingerprint density at radius 2 is 1.78 bits per heavy atom. The first-order chi connectivity index (χ1) is 15.2. The molecule has 0 unspecified atom stereocenters. The SMILES string of the molecule is COCc1cc(CN2CCN(C)C[C@@H]2c2ccccc2)ccc1OC.O=C(O)C(F)(F)F. The lowest BCUT2D eigenvalue weighted by atomic mass is 10.0. The maximum atomic E-state index is 10.6. The van der Waals surface area contributed by atoms with Crippen LogP contribution in [0, 0.1) is 0 Å². The molecular formula is C23H29F3N2O4. The van der Waals surface area contributed by atoms with Gasteiger partial charge in [-0.15, -0.1) is 0 Å². The second-order valence-electron chi connectivity index (χ2n) is 7.54. The molecule has 9 heteroatoms. The molecule has 1 aliphatic heterocycles. The van der Waals surface area contributed by atoms with Crippen LogP contribution in [0.1, 0.15) is 22.7 Å². The van der Waals surface area contributed by atoms with Crippen molar-refractivity contribution in [2.75, 3.05) is 40.9 Å². The van der Waals surface area contributed by atoms with Crippen LogP contribution in [0.2, 0.25) is 0 Å². The molecule has 32 heavy (non-hydrogen) atoms. The number of alkyl halides is 3. The minimum atomic E-state index is -5.08. The smallest absolute Gasteiger partial charge is 0.490 e. The fraction of sp³-hybridized carbons (Fsp3) is 0.435. The van der Waals surface area contributed by atoms with Gasteiger partial charge in [-0.1, -0.05) is 36.4 Å². The van der Waals surface area contributed by atoms with Crippen LogP contribution in [-0.4, -0.2) is 68.0 Å². The van der Waals surface area contributed by atoms with Gasteiger partial charge in [0, 0.05) is 44.9 Å². The molecular weight excluding hydrogens is 425 g/mol. The van der Waals surface area contributed by atoms with E-state index < -0.39 is 12.1 Å². The summed E-state index contributed by atoms with van der Waals surface area (Å²) in [6.07, 6.45) is -5.08. The van der Waals surface area contributed by atoms with E-state index in [0.29, 0.717) is 12.6 Å². The first kappa shape index (κ1) is 25.6. The average Bonchev–Trinajstić information content (AvgIpc) is 2.76. The number of rotatable bonds is 6. The van der Waals surface area contributed by atoms with Gasteiger partial charge in [0.1, 0.15) is 5.75 Å². The lowest BCUT2D eigenvalue weighted by Gasteiger charge is -2.40. The Labute approximate surface area is 186 Å². The Bertz CT molecular complexity index is 862. The number of piperazine rings is 1. The summed E-state index contributed by atoms with van der Waals surface area (Å²) in [5.41, 5.74) is 3.80. The molecule has 3 rings (SSSR count). The lowest BCUT2D eigenvalue weighted by molar-refractivity contribution is -0.192. The van der Waals surface area contributed by atoms with Gasteiger partial charge in [0.2, 0.25) is 0 Å². The van der Waals surface area contributed by atoms with Crippen molar-refractivity contribution in [3.63, 3.8) is 0 Å². The van der Waals surface area contributed by atoms with Crippen LogP contribution in [0.4, 0.5) is 13.2 Å². The van der Waals surface area contributed by atoms with Gasteiger partial charge in [0.25, 0.3) is 0 Å². The first-order valence-electron chi connectivity index (χ1n) is 10.1. The van der Waals surface area contributed by atoms with E-state index in [9.17, 15) is 13.2 Å². The van der Waals surface area contributed by atoms with Crippen LogP contribution in [0.25, 0.3) is 0 Å². The number of ether oxygens (including phenoxy) is 2. The summed E-state index contributed by atoms with van der Waals surface area (Å²) >= 11 is 0. The molecule has 1 heterocycles. The standard InChI is InChI=1S/C21H28N2O2.C2HF3O2/c1-22-11-12-23(20(15-22)18-7-5-4-6-8-18)14-17-9-10-21(25-3)19(13-17)16-24-2;3-2(4,5)1(6)7/h4-10,13,20H,11-12,14-16H2,1-3H3;(H,6,7)/t20-;/m1./s1. The summed E-state index contributed by atoms with van der Waals surface area (Å²) in [5.74, 6) is -1.86. The third kappa shape index (κ3) is 7.51. The molecule has 0 bridgehead atoms. The van der Waals surface area contributed by atoms with Crippen LogP contribution >= 0.6 is 0 Å². The Balaban J connectivity index is 0.000000451. The molecule has 2 aromatic rings. The summed E-state index contributed by atoms with van der Waals surface area (Å²) in [6, 6.07) is 17.7. The van der Waals surface area contributed by atoms with Crippen LogP contribution in [0.3, 0.4) is 0 Å². The molecule has 6 nitrogen and oxygen atoms in total. The highest BCUT2D eigenvalue weighted by Gasteiger charge is 2.38. The number of carbonyl (C=O) groups is 1. The van der Waals surface area contributed by atoms with E-state index in [1.807, 2.05) is 0 Å². The molecule has 0 spiro atoms. The number of hydrogen-bond acceptors (Lipinski definition) is 5. The van der Waals surface area contributed by atoms with Crippen molar-refractivity contribution in [1.29, 1.82) is 0 Å². The second kappa shape index (κ2) is 11.8. The molecule has 176 valence electrons. The molecule has 1 aliphatic rings. The van der Waals surface area contributed by atoms with Gasteiger partial charge >= 0.3 is 12.1 Å². The van der Waals surface area contributed by atoms with E-state index in [1.165, 1.54) is 11.1 Å². The van der Waals surface area contributed by atoms with E-state index in [-0.39, 0.29) is 0 Å². The number of methoxy groups -OCH3 is 2. The molecule has 0 radical (unpaired) electrons. The van der Waals surface area contributed by atoms with Crippen LogP contribution < -0.4 is 4.74 Å². The topological polar surface area (TPSA) is 62.2 Å². The summed E-state index contributed by atoms with van der Waals surface area (Å²) in [5, 5.41) is 7.12. The monoisotopic (exact) mass is 454 g/mol. The molecule has 1 fully saturated rings. The molecule has 1 N–H and O–H groups in total. The molecule has 0 saturated carbocycles. The van der Waals surface area contributed by atoms with Gasteiger partial charge in [-0.2, -0.15) is 13.2 Å². The Morgan fingerprint density at radius 3 is 2.34 bits per heavy atom. The Kier molecular flexibility index (Phi) is 9.49. The van der Waals surface area contributed by atoms with Crippen LogP contribution in [-0.2, 0) is 22.7 Å². The number of benzene rings is 2.